The third-order valence-electron chi connectivity index (χ3n) is 3.74. The summed E-state index contributed by atoms with van der Waals surface area (Å²) in [5.41, 5.74) is 2.35. The molecule has 7 heteroatoms. The quantitative estimate of drug-likeness (QED) is 0.729. The van der Waals surface area contributed by atoms with Crippen LogP contribution in [0, 0.1) is 0 Å². The van der Waals surface area contributed by atoms with Crippen LogP contribution in [0.15, 0.2) is 18.2 Å². The van der Waals surface area contributed by atoms with Gasteiger partial charge in [0.1, 0.15) is 6.61 Å². The number of methoxy groups -OCH3 is 1. The number of anilines is 2. The highest BCUT2D eigenvalue weighted by Gasteiger charge is 2.21. The second kappa shape index (κ2) is 10.2. The highest BCUT2D eigenvalue weighted by Crippen LogP contribution is 2.25. The van der Waals surface area contributed by atoms with Crippen LogP contribution in [-0.2, 0) is 16.1 Å². The van der Waals surface area contributed by atoms with Crippen LogP contribution in [0.2, 0.25) is 0 Å². The molecule has 3 amide bonds. The average Bonchev–Trinajstić information content (AvgIpc) is 2.53. The van der Waals surface area contributed by atoms with Gasteiger partial charge in [-0.05, 0) is 51.0 Å². The van der Waals surface area contributed by atoms with Crippen LogP contribution in [0.5, 0.6) is 0 Å². The van der Waals surface area contributed by atoms with Crippen molar-refractivity contribution in [1.82, 2.24) is 10.2 Å². The van der Waals surface area contributed by atoms with Gasteiger partial charge < -0.3 is 25.2 Å². The highest BCUT2D eigenvalue weighted by molar-refractivity contribution is 5.92. The fourth-order valence-corrected chi connectivity index (χ4v) is 2.68. The molecule has 0 spiro atoms. The van der Waals surface area contributed by atoms with Gasteiger partial charge in [0.25, 0.3) is 0 Å². The molecule has 0 heterocycles. The first-order valence-electron chi connectivity index (χ1n) is 9.23. The van der Waals surface area contributed by atoms with E-state index in [1.807, 2.05) is 64.9 Å². The lowest BCUT2D eigenvalue weighted by atomic mass is 10.1. The highest BCUT2D eigenvalue weighted by atomic mass is 16.5. The monoisotopic (exact) mass is 378 g/mol. The molecule has 0 aliphatic carbocycles. The van der Waals surface area contributed by atoms with E-state index >= 15 is 0 Å². The Morgan fingerprint density at radius 3 is 2.37 bits per heavy atom. The smallest absolute Gasteiger partial charge is 0.318 e. The molecule has 0 radical (unpaired) electrons. The number of benzene rings is 1. The van der Waals surface area contributed by atoms with Crippen molar-refractivity contribution >= 4 is 23.3 Å². The predicted octanol–water partition coefficient (Wildman–Crippen LogP) is 3.06. The van der Waals surface area contributed by atoms with Crippen molar-refractivity contribution < 1.29 is 14.3 Å². The summed E-state index contributed by atoms with van der Waals surface area (Å²) in [5.74, 6) is -0.211. The zero-order valence-corrected chi connectivity index (χ0v) is 17.7. The van der Waals surface area contributed by atoms with E-state index in [1.54, 1.807) is 4.90 Å². The maximum Gasteiger partial charge on any atom is 0.318 e. The van der Waals surface area contributed by atoms with Crippen molar-refractivity contribution in [1.29, 1.82) is 0 Å². The van der Waals surface area contributed by atoms with Gasteiger partial charge in [-0.25, -0.2) is 4.79 Å². The van der Waals surface area contributed by atoms with Gasteiger partial charge in [-0.3, -0.25) is 4.79 Å². The first-order valence-corrected chi connectivity index (χ1v) is 9.23. The molecule has 152 valence electrons. The SMILES string of the molecule is CCCN(Cc1cc(NC(=O)COC)ccc1N(C)C)C(=O)NC(C)(C)C. The number of carbonyl (C=O) groups is 2. The molecule has 0 unspecified atom stereocenters. The molecule has 0 atom stereocenters. The van der Waals surface area contributed by atoms with Gasteiger partial charge in [-0.2, -0.15) is 0 Å². The van der Waals surface area contributed by atoms with Gasteiger partial charge in [0.15, 0.2) is 0 Å². The summed E-state index contributed by atoms with van der Waals surface area (Å²) in [6.45, 7) is 9.04. The number of carbonyl (C=O) groups excluding carboxylic acids is 2. The van der Waals surface area contributed by atoms with Crippen LogP contribution in [0.1, 0.15) is 39.7 Å². The van der Waals surface area contributed by atoms with E-state index in [4.69, 9.17) is 4.74 Å². The topological polar surface area (TPSA) is 73.9 Å². The Labute approximate surface area is 163 Å². The van der Waals surface area contributed by atoms with Crippen molar-refractivity contribution in [2.24, 2.45) is 0 Å². The number of hydrogen-bond donors (Lipinski definition) is 2. The van der Waals surface area contributed by atoms with Crippen LogP contribution in [0.25, 0.3) is 0 Å². The molecule has 0 aliphatic heterocycles. The molecule has 1 aromatic rings. The van der Waals surface area contributed by atoms with E-state index < -0.39 is 0 Å². The second-order valence-electron chi connectivity index (χ2n) is 7.82. The zero-order valence-electron chi connectivity index (χ0n) is 17.7. The van der Waals surface area contributed by atoms with Gasteiger partial charge in [-0.15, -0.1) is 0 Å². The van der Waals surface area contributed by atoms with Crippen LogP contribution in [0.3, 0.4) is 0 Å². The third kappa shape index (κ3) is 7.86. The minimum atomic E-state index is -0.302. The summed E-state index contributed by atoms with van der Waals surface area (Å²) in [7, 11) is 5.40. The molecule has 1 aromatic carbocycles. The number of nitrogens with zero attached hydrogens (tertiary/aromatic N) is 2. The molecule has 7 nitrogen and oxygen atoms in total. The molecule has 0 aromatic heterocycles. The Morgan fingerprint density at radius 1 is 1.19 bits per heavy atom. The second-order valence-corrected chi connectivity index (χ2v) is 7.82. The Bertz CT molecular complexity index is 639. The van der Waals surface area contributed by atoms with E-state index in [0.29, 0.717) is 18.8 Å². The fraction of sp³-hybridized carbons (Fsp3) is 0.600. The first kappa shape index (κ1) is 22.8. The van der Waals surface area contributed by atoms with Gasteiger partial charge in [0.05, 0.1) is 0 Å². The lowest BCUT2D eigenvalue weighted by Gasteiger charge is -2.30. The number of urea groups is 1. The number of hydrogen-bond acceptors (Lipinski definition) is 4. The van der Waals surface area contributed by atoms with Crippen molar-refractivity contribution in [2.45, 2.75) is 46.2 Å². The maximum absolute atomic E-state index is 12.7. The van der Waals surface area contributed by atoms with Crippen molar-refractivity contribution in [3.05, 3.63) is 23.8 Å². The molecule has 0 fully saturated rings. The van der Waals surface area contributed by atoms with E-state index in [-0.39, 0.29) is 24.1 Å². The standard InChI is InChI=1S/C20H34N4O3/c1-8-11-24(19(26)22-20(2,3)4)13-15-12-16(21-18(25)14-27-7)9-10-17(15)23(5)6/h9-10,12H,8,11,13-14H2,1-7H3,(H,21,25)(H,22,26). The first-order chi connectivity index (χ1) is 12.6. The van der Waals surface area contributed by atoms with Crippen LogP contribution < -0.4 is 15.5 Å². The van der Waals surface area contributed by atoms with Gasteiger partial charge in [0, 0.05) is 51.2 Å². The molecule has 0 bridgehead atoms. The number of rotatable bonds is 8. The van der Waals surface area contributed by atoms with E-state index in [9.17, 15) is 9.59 Å². The van der Waals surface area contributed by atoms with Crippen LogP contribution in [0.4, 0.5) is 16.2 Å². The normalized spacial score (nSPS) is 11.1. The van der Waals surface area contributed by atoms with E-state index in [1.165, 1.54) is 7.11 Å². The molecule has 2 N–H and O–H groups in total. The number of nitrogens with one attached hydrogen (secondary N) is 2. The van der Waals surface area contributed by atoms with Crippen molar-refractivity contribution in [3.63, 3.8) is 0 Å². The third-order valence-corrected chi connectivity index (χ3v) is 3.74. The van der Waals surface area contributed by atoms with Crippen LogP contribution >= 0.6 is 0 Å². The van der Waals surface area contributed by atoms with Gasteiger partial charge in [0.2, 0.25) is 5.91 Å². The minimum Gasteiger partial charge on any atom is -0.377 e. The summed E-state index contributed by atoms with van der Waals surface area (Å²) in [6, 6.07) is 5.62. The largest absolute Gasteiger partial charge is 0.377 e. The predicted molar refractivity (Wildman–Crippen MR) is 110 cm³/mol. The maximum atomic E-state index is 12.7. The Hall–Kier alpha value is -2.28. The fourth-order valence-electron chi connectivity index (χ4n) is 2.68. The Kier molecular flexibility index (Phi) is 8.56. The van der Waals surface area contributed by atoms with E-state index in [0.717, 1.165) is 17.7 Å². The molecular formula is C20H34N4O3. The summed E-state index contributed by atoms with van der Waals surface area (Å²) in [6.07, 6.45) is 0.860. The minimum absolute atomic E-state index is 0.000708. The van der Waals surface area contributed by atoms with Crippen molar-refractivity contribution in [3.8, 4) is 0 Å². The lowest BCUT2D eigenvalue weighted by molar-refractivity contribution is -0.119. The molecule has 27 heavy (non-hydrogen) atoms. The summed E-state index contributed by atoms with van der Waals surface area (Å²) >= 11 is 0. The van der Waals surface area contributed by atoms with E-state index in [2.05, 4.69) is 10.6 Å². The van der Waals surface area contributed by atoms with Crippen molar-refractivity contribution in [2.75, 3.05) is 44.6 Å². The van der Waals surface area contributed by atoms with Gasteiger partial charge in [-0.1, -0.05) is 6.92 Å². The molecule has 0 saturated heterocycles. The Morgan fingerprint density at radius 2 is 1.85 bits per heavy atom. The van der Waals surface area contributed by atoms with Crippen LogP contribution in [-0.4, -0.2) is 56.7 Å². The Balaban J connectivity index is 3.10. The zero-order chi connectivity index (χ0) is 20.6. The summed E-state index contributed by atoms with van der Waals surface area (Å²) in [5, 5.41) is 5.84. The number of amides is 3. The average molecular weight is 379 g/mol. The summed E-state index contributed by atoms with van der Waals surface area (Å²) in [4.78, 5) is 28.3. The molecule has 0 saturated carbocycles. The number of ether oxygens (including phenoxy) is 1. The lowest BCUT2D eigenvalue weighted by Crippen LogP contribution is -2.48. The van der Waals surface area contributed by atoms with Gasteiger partial charge >= 0.3 is 6.03 Å². The molecule has 1 rings (SSSR count). The molecule has 0 aliphatic rings. The molecular weight excluding hydrogens is 344 g/mol. The summed E-state index contributed by atoms with van der Waals surface area (Å²) < 4.78 is 4.86.